The number of benzene rings is 1. The predicted molar refractivity (Wildman–Crippen MR) is 78.1 cm³/mol. The molecule has 1 aromatic rings. The van der Waals surface area contributed by atoms with Crippen LogP contribution >= 0.6 is 0 Å². The zero-order valence-corrected chi connectivity index (χ0v) is 11.8. The summed E-state index contributed by atoms with van der Waals surface area (Å²) >= 11 is 0. The van der Waals surface area contributed by atoms with Gasteiger partial charge in [-0.15, -0.1) is 0 Å². The Balaban J connectivity index is 1.94. The standard InChI is InChI=1S/C15H23N3O/c1-11-9-13(16)3-4-14(11)12-5-7-18(8-6-12)10-15(19)17-2/h3-4,9,12H,5-8,10,16H2,1-2H3,(H,17,19). The molecule has 104 valence electrons. The number of piperidine rings is 1. The molecule has 0 atom stereocenters. The van der Waals surface area contributed by atoms with Crippen molar-refractivity contribution in [3.05, 3.63) is 29.3 Å². The van der Waals surface area contributed by atoms with Gasteiger partial charge in [0, 0.05) is 12.7 Å². The Hall–Kier alpha value is -1.55. The van der Waals surface area contributed by atoms with Gasteiger partial charge in [-0.1, -0.05) is 6.07 Å². The first kappa shape index (κ1) is 13.9. The zero-order chi connectivity index (χ0) is 13.8. The highest BCUT2D eigenvalue weighted by Gasteiger charge is 2.22. The number of amides is 1. The highest BCUT2D eigenvalue weighted by Crippen LogP contribution is 2.30. The summed E-state index contributed by atoms with van der Waals surface area (Å²) in [5, 5.41) is 2.68. The van der Waals surface area contributed by atoms with Crippen LogP contribution in [0.1, 0.15) is 29.9 Å². The number of carbonyl (C=O) groups excluding carboxylic acids is 1. The van der Waals surface area contributed by atoms with Gasteiger partial charge in [0.2, 0.25) is 5.91 Å². The van der Waals surface area contributed by atoms with E-state index < -0.39 is 0 Å². The minimum atomic E-state index is 0.0992. The third kappa shape index (κ3) is 3.47. The average Bonchev–Trinajstić information content (AvgIpc) is 2.40. The van der Waals surface area contributed by atoms with E-state index in [9.17, 15) is 4.79 Å². The van der Waals surface area contributed by atoms with E-state index in [1.807, 2.05) is 12.1 Å². The maximum absolute atomic E-state index is 11.4. The van der Waals surface area contributed by atoms with Gasteiger partial charge in [-0.2, -0.15) is 0 Å². The minimum Gasteiger partial charge on any atom is -0.399 e. The van der Waals surface area contributed by atoms with E-state index in [4.69, 9.17) is 5.73 Å². The molecule has 4 heteroatoms. The van der Waals surface area contributed by atoms with Crippen molar-refractivity contribution in [3.8, 4) is 0 Å². The molecule has 0 aromatic heterocycles. The molecular weight excluding hydrogens is 238 g/mol. The van der Waals surface area contributed by atoms with E-state index in [1.54, 1.807) is 7.05 Å². The Kier molecular flexibility index (Phi) is 4.43. The van der Waals surface area contributed by atoms with E-state index in [-0.39, 0.29) is 5.91 Å². The number of nitrogens with zero attached hydrogens (tertiary/aromatic N) is 1. The molecule has 0 saturated carbocycles. The van der Waals surface area contributed by atoms with Crippen molar-refractivity contribution >= 4 is 11.6 Å². The summed E-state index contributed by atoms with van der Waals surface area (Å²) in [6.07, 6.45) is 2.23. The molecule has 1 fully saturated rings. The summed E-state index contributed by atoms with van der Waals surface area (Å²) in [4.78, 5) is 13.6. The van der Waals surface area contributed by atoms with Gasteiger partial charge in [-0.25, -0.2) is 0 Å². The highest BCUT2D eigenvalue weighted by molar-refractivity contribution is 5.77. The summed E-state index contributed by atoms with van der Waals surface area (Å²) in [5.74, 6) is 0.698. The molecule has 0 radical (unpaired) electrons. The van der Waals surface area contributed by atoms with Crippen molar-refractivity contribution < 1.29 is 4.79 Å². The topological polar surface area (TPSA) is 58.4 Å². The quantitative estimate of drug-likeness (QED) is 0.811. The van der Waals surface area contributed by atoms with E-state index in [0.29, 0.717) is 12.5 Å². The Morgan fingerprint density at radius 3 is 2.68 bits per heavy atom. The lowest BCUT2D eigenvalue weighted by atomic mass is 9.86. The smallest absolute Gasteiger partial charge is 0.233 e. The van der Waals surface area contributed by atoms with Crippen LogP contribution in [0.5, 0.6) is 0 Å². The normalized spacial score (nSPS) is 17.4. The fraction of sp³-hybridized carbons (Fsp3) is 0.533. The molecule has 1 aromatic carbocycles. The van der Waals surface area contributed by atoms with Crippen LogP contribution < -0.4 is 11.1 Å². The van der Waals surface area contributed by atoms with Crippen LogP contribution in [-0.2, 0) is 4.79 Å². The van der Waals surface area contributed by atoms with Crippen LogP contribution in [0.3, 0.4) is 0 Å². The number of likely N-dealkylation sites (tertiary alicyclic amines) is 1. The average molecular weight is 261 g/mol. The van der Waals surface area contributed by atoms with Gasteiger partial charge in [0.1, 0.15) is 0 Å². The van der Waals surface area contributed by atoms with Gasteiger partial charge in [-0.3, -0.25) is 9.69 Å². The van der Waals surface area contributed by atoms with E-state index in [2.05, 4.69) is 23.2 Å². The molecule has 1 saturated heterocycles. The molecule has 2 rings (SSSR count). The van der Waals surface area contributed by atoms with Gasteiger partial charge >= 0.3 is 0 Å². The lowest BCUT2D eigenvalue weighted by molar-refractivity contribution is -0.122. The number of aryl methyl sites for hydroxylation is 1. The third-order valence-corrected chi connectivity index (χ3v) is 3.97. The van der Waals surface area contributed by atoms with Crippen LogP contribution in [-0.4, -0.2) is 37.5 Å². The lowest BCUT2D eigenvalue weighted by Crippen LogP contribution is -2.40. The summed E-state index contributed by atoms with van der Waals surface area (Å²) in [6, 6.07) is 6.19. The Bertz CT molecular complexity index is 451. The summed E-state index contributed by atoms with van der Waals surface area (Å²) in [7, 11) is 1.69. The van der Waals surface area contributed by atoms with Crippen LogP contribution in [0.2, 0.25) is 0 Å². The summed E-state index contributed by atoms with van der Waals surface area (Å²) in [6.45, 7) is 4.62. The Labute approximate surface area is 115 Å². The molecule has 0 unspecified atom stereocenters. The molecule has 0 bridgehead atoms. The number of nitrogen functional groups attached to an aromatic ring is 1. The molecular formula is C15H23N3O. The Morgan fingerprint density at radius 2 is 2.11 bits per heavy atom. The van der Waals surface area contributed by atoms with Crippen LogP contribution in [0.15, 0.2) is 18.2 Å². The monoisotopic (exact) mass is 261 g/mol. The molecule has 1 amide bonds. The largest absolute Gasteiger partial charge is 0.399 e. The zero-order valence-electron chi connectivity index (χ0n) is 11.8. The number of anilines is 1. The molecule has 1 heterocycles. The molecule has 1 aliphatic heterocycles. The number of nitrogens with two attached hydrogens (primary N) is 1. The molecule has 3 N–H and O–H groups in total. The SMILES string of the molecule is CNC(=O)CN1CCC(c2ccc(N)cc2C)CC1. The second-order valence-electron chi connectivity index (χ2n) is 5.34. The van der Waals surface area contributed by atoms with Gasteiger partial charge in [0.25, 0.3) is 0 Å². The molecule has 19 heavy (non-hydrogen) atoms. The van der Waals surface area contributed by atoms with Crippen molar-refractivity contribution in [1.29, 1.82) is 0 Å². The number of nitrogens with one attached hydrogen (secondary N) is 1. The molecule has 0 spiro atoms. The second-order valence-corrected chi connectivity index (χ2v) is 5.34. The molecule has 4 nitrogen and oxygen atoms in total. The highest BCUT2D eigenvalue weighted by atomic mass is 16.1. The molecule has 0 aliphatic carbocycles. The number of hydrogen-bond acceptors (Lipinski definition) is 3. The van der Waals surface area contributed by atoms with E-state index in [0.717, 1.165) is 31.6 Å². The van der Waals surface area contributed by atoms with Crippen molar-refractivity contribution in [2.24, 2.45) is 0 Å². The lowest BCUT2D eigenvalue weighted by Gasteiger charge is -2.32. The Morgan fingerprint density at radius 1 is 1.42 bits per heavy atom. The van der Waals surface area contributed by atoms with Crippen LogP contribution in [0, 0.1) is 6.92 Å². The van der Waals surface area contributed by atoms with Gasteiger partial charge < -0.3 is 11.1 Å². The number of hydrogen-bond donors (Lipinski definition) is 2. The summed E-state index contributed by atoms with van der Waals surface area (Å²) in [5.41, 5.74) is 9.32. The maximum atomic E-state index is 11.4. The minimum absolute atomic E-state index is 0.0992. The fourth-order valence-corrected chi connectivity index (χ4v) is 2.84. The molecule has 1 aliphatic rings. The van der Waals surface area contributed by atoms with Crippen molar-refractivity contribution in [1.82, 2.24) is 10.2 Å². The fourth-order valence-electron chi connectivity index (χ4n) is 2.84. The maximum Gasteiger partial charge on any atom is 0.233 e. The first-order chi connectivity index (χ1) is 9.10. The third-order valence-electron chi connectivity index (χ3n) is 3.97. The van der Waals surface area contributed by atoms with Crippen molar-refractivity contribution in [3.63, 3.8) is 0 Å². The second kappa shape index (κ2) is 6.06. The van der Waals surface area contributed by atoms with Gasteiger partial charge in [0.15, 0.2) is 0 Å². The van der Waals surface area contributed by atoms with Crippen LogP contribution in [0.25, 0.3) is 0 Å². The van der Waals surface area contributed by atoms with Crippen LogP contribution in [0.4, 0.5) is 5.69 Å². The van der Waals surface area contributed by atoms with Gasteiger partial charge in [0.05, 0.1) is 6.54 Å². The summed E-state index contributed by atoms with van der Waals surface area (Å²) < 4.78 is 0. The number of likely N-dealkylation sites (N-methyl/N-ethyl adjacent to an activating group) is 1. The van der Waals surface area contributed by atoms with E-state index in [1.165, 1.54) is 11.1 Å². The van der Waals surface area contributed by atoms with E-state index >= 15 is 0 Å². The first-order valence-electron chi connectivity index (χ1n) is 6.89. The van der Waals surface area contributed by atoms with Crippen molar-refractivity contribution in [2.75, 3.05) is 32.4 Å². The first-order valence-corrected chi connectivity index (χ1v) is 6.89. The van der Waals surface area contributed by atoms with Crippen molar-refractivity contribution in [2.45, 2.75) is 25.7 Å². The number of rotatable bonds is 3. The predicted octanol–water partition coefficient (Wildman–Crippen LogP) is 1.50. The van der Waals surface area contributed by atoms with Gasteiger partial charge in [-0.05, 0) is 62.0 Å². The number of carbonyl (C=O) groups is 1.